The number of pyridine rings is 1. The van der Waals surface area contributed by atoms with Gasteiger partial charge in [0, 0.05) is 24.8 Å². The molecule has 0 aliphatic carbocycles. The first-order valence-corrected chi connectivity index (χ1v) is 7.66. The van der Waals surface area contributed by atoms with Gasteiger partial charge in [0.05, 0.1) is 18.0 Å². The molecule has 3 aromatic heterocycles. The van der Waals surface area contributed by atoms with Crippen LogP contribution in [0.5, 0.6) is 5.88 Å². The van der Waals surface area contributed by atoms with Crippen LogP contribution in [-0.4, -0.2) is 46.1 Å². The summed E-state index contributed by atoms with van der Waals surface area (Å²) in [6, 6.07) is 3.08. The zero-order valence-corrected chi connectivity index (χ0v) is 13.6. The maximum Gasteiger partial charge on any atom is 0.218 e. The number of halogens is 1. The molecule has 0 saturated heterocycles. The monoisotopic (exact) mass is 344 g/mol. The first-order valence-electron chi connectivity index (χ1n) is 7.66. The number of ether oxygens (including phenoxy) is 1. The van der Waals surface area contributed by atoms with Gasteiger partial charge in [0.15, 0.2) is 11.9 Å². The summed E-state index contributed by atoms with van der Waals surface area (Å²) in [7, 11) is 1.82. The maximum absolute atomic E-state index is 13.5. The number of hydrogen-bond donors (Lipinski definition) is 2. The Labute approximate surface area is 143 Å². The molecular weight excluding hydrogens is 327 g/mol. The minimum atomic E-state index is -0.444. The van der Waals surface area contributed by atoms with Crippen LogP contribution in [0, 0.1) is 5.82 Å². The molecule has 2 N–H and O–H groups in total. The zero-order chi connectivity index (χ0) is 17.6. The average molecular weight is 344 g/mol. The Kier molecular flexibility index (Phi) is 5.14. The third-order valence-corrected chi connectivity index (χ3v) is 3.47. The lowest BCUT2D eigenvalue weighted by molar-refractivity contribution is 0.112. The van der Waals surface area contributed by atoms with Gasteiger partial charge < -0.3 is 15.4 Å². The van der Waals surface area contributed by atoms with E-state index in [2.05, 4.69) is 25.7 Å². The van der Waals surface area contributed by atoms with Crippen molar-refractivity contribution in [2.75, 3.05) is 25.5 Å². The van der Waals surface area contributed by atoms with Crippen molar-refractivity contribution in [1.29, 1.82) is 0 Å². The fourth-order valence-corrected chi connectivity index (χ4v) is 2.23. The quantitative estimate of drug-likeness (QED) is 0.470. The molecule has 130 valence electrons. The Bertz CT molecular complexity index is 882. The summed E-state index contributed by atoms with van der Waals surface area (Å²) in [5, 5.41) is 10.1. The fraction of sp³-hybridized carbons (Fsp3) is 0.250. The normalized spacial score (nSPS) is 10.8. The molecule has 0 aliphatic rings. The summed E-state index contributed by atoms with van der Waals surface area (Å²) in [5.74, 6) is 0.449. The number of aldehydes is 1. The number of likely N-dealkylation sites (N-methyl/N-ethyl adjacent to an activating group) is 1. The van der Waals surface area contributed by atoms with Gasteiger partial charge >= 0.3 is 0 Å². The van der Waals surface area contributed by atoms with Crippen LogP contribution >= 0.6 is 0 Å². The molecule has 3 heterocycles. The smallest absolute Gasteiger partial charge is 0.218 e. The Balaban J connectivity index is 1.76. The highest BCUT2D eigenvalue weighted by atomic mass is 19.1. The van der Waals surface area contributed by atoms with Crippen molar-refractivity contribution in [1.82, 2.24) is 24.9 Å². The van der Waals surface area contributed by atoms with Crippen molar-refractivity contribution >= 4 is 17.8 Å². The van der Waals surface area contributed by atoms with Crippen molar-refractivity contribution in [3.8, 4) is 5.88 Å². The molecule has 0 aromatic carbocycles. The summed E-state index contributed by atoms with van der Waals surface area (Å²) in [5.41, 5.74) is 1.41. The van der Waals surface area contributed by atoms with Crippen molar-refractivity contribution < 1.29 is 13.9 Å². The molecule has 9 heteroatoms. The summed E-state index contributed by atoms with van der Waals surface area (Å²) in [6.07, 6.45) is 4.95. The third kappa shape index (κ3) is 3.89. The van der Waals surface area contributed by atoms with Crippen LogP contribution in [0.15, 0.2) is 30.7 Å². The van der Waals surface area contributed by atoms with E-state index in [1.807, 2.05) is 7.05 Å². The van der Waals surface area contributed by atoms with Crippen molar-refractivity contribution in [3.05, 3.63) is 47.7 Å². The largest absolute Gasteiger partial charge is 0.476 e. The zero-order valence-electron chi connectivity index (χ0n) is 13.6. The topological polar surface area (TPSA) is 93.4 Å². The van der Waals surface area contributed by atoms with E-state index in [9.17, 15) is 9.18 Å². The number of aromatic nitrogens is 4. The molecule has 8 nitrogen and oxygen atoms in total. The predicted molar refractivity (Wildman–Crippen MR) is 89.3 cm³/mol. The third-order valence-electron chi connectivity index (χ3n) is 3.47. The highest BCUT2D eigenvalue weighted by Gasteiger charge is 2.09. The molecule has 0 radical (unpaired) electrons. The summed E-state index contributed by atoms with van der Waals surface area (Å²) in [6.45, 7) is 1.35. The Morgan fingerprint density at radius 1 is 1.40 bits per heavy atom. The van der Waals surface area contributed by atoms with E-state index in [4.69, 9.17) is 4.74 Å². The second kappa shape index (κ2) is 7.67. The highest BCUT2D eigenvalue weighted by Crippen LogP contribution is 2.18. The van der Waals surface area contributed by atoms with E-state index < -0.39 is 5.82 Å². The van der Waals surface area contributed by atoms with Crippen LogP contribution in [0.1, 0.15) is 15.9 Å². The van der Waals surface area contributed by atoms with Crippen LogP contribution in [0.2, 0.25) is 0 Å². The number of anilines is 1. The Morgan fingerprint density at radius 3 is 3.08 bits per heavy atom. The van der Waals surface area contributed by atoms with Gasteiger partial charge in [0.25, 0.3) is 0 Å². The van der Waals surface area contributed by atoms with Crippen LogP contribution in [0.4, 0.5) is 10.2 Å². The first-order chi connectivity index (χ1) is 12.2. The second-order valence-corrected chi connectivity index (χ2v) is 5.22. The number of nitrogens with zero attached hydrogens (tertiary/aromatic N) is 4. The van der Waals surface area contributed by atoms with Crippen molar-refractivity contribution in [3.63, 3.8) is 0 Å². The van der Waals surface area contributed by atoms with Crippen LogP contribution in [0.25, 0.3) is 5.65 Å². The lowest BCUT2D eigenvalue weighted by atomic mass is 10.2. The van der Waals surface area contributed by atoms with Gasteiger partial charge in [-0.2, -0.15) is 5.10 Å². The van der Waals surface area contributed by atoms with E-state index >= 15 is 0 Å². The fourth-order valence-electron chi connectivity index (χ4n) is 2.23. The van der Waals surface area contributed by atoms with Gasteiger partial charge in [-0.1, -0.05) is 0 Å². The van der Waals surface area contributed by atoms with Gasteiger partial charge in [-0.3, -0.25) is 4.79 Å². The molecule has 3 rings (SSSR count). The molecule has 0 unspecified atom stereocenters. The molecule has 0 atom stereocenters. The van der Waals surface area contributed by atoms with Crippen molar-refractivity contribution in [2.24, 2.45) is 0 Å². The number of carbonyl (C=O) groups is 1. The summed E-state index contributed by atoms with van der Waals surface area (Å²) in [4.78, 5) is 19.3. The number of fused-ring (bicyclic) bond motifs is 1. The van der Waals surface area contributed by atoms with Gasteiger partial charge in [0.1, 0.15) is 18.2 Å². The first kappa shape index (κ1) is 16.8. The summed E-state index contributed by atoms with van der Waals surface area (Å²) >= 11 is 0. The standard InChI is InChI=1S/C16H17FN6O2/c1-18-3-5-25-16-11(6-13(17)9-20-16)7-19-14-2-4-23-15(22-14)12(10-24)8-21-23/h2,4,6,8-10,18H,3,5,7H2,1H3,(H,19,22). The molecule has 0 bridgehead atoms. The predicted octanol–water partition coefficient (Wildman–Crippen LogP) is 1.29. The molecule has 3 aromatic rings. The van der Waals surface area contributed by atoms with Crippen molar-refractivity contribution in [2.45, 2.75) is 6.54 Å². The number of nitrogens with one attached hydrogen (secondary N) is 2. The molecular formula is C16H17FN6O2. The van der Waals surface area contributed by atoms with E-state index in [1.165, 1.54) is 16.8 Å². The molecule has 0 spiro atoms. The second-order valence-electron chi connectivity index (χ2n) is 5.22. The number of rotatable bonds is 8. The number of hydrogen-bond acceptors (Lipinski definition) is 7. The lowest BCUT2D eigenvalue weighted by Crippen LogP contribution is -2.17. The molecule has 0 saturated carbocycles. The number of carbonyl (C=O) groups excluding carboxylic acids is 1. The minimum Gasteiger partial charge on any atom is -0.476 e. The molecule has 0 aliphatic heterocycles. The van der Waals surface area contributed by atoms with E-state index in [0.29, 0.717) is 47.9 Å². The molecule has 0 amide bonds. The lowest BCUT2D eigenvalue weighted by Gasteiger charge is -2.11. The van der Waals surface area contributed by atoms with Crippen LogP contribution in [-0.2, 0) is 6.54 Å². The van der Waals surface area contributed by atoms with Gasteiger partial charge in [0.2, 0.25) is 5.88 Å². The van der Waals surface area contributed by atoms with E-state index in [0.717, 1.165) is 6.20 Å². The van der Waals surface area contributed by atoms with Gasteiger partial charge in [-0.05, 0) is 19.2 Å². The van der Waals surface area contributed by atoms with Crippen LogP contribution in [0.3, 0.4) is 0 Å². The SMILES string of the molecule is CNCCOc1ncc(F)cc1CNc1ccn2ncc(C=O)c2n1. The Morgan fingerprint density at radius 2 is 2.28 bits per heavy atom. The van der Waals surface area contributed by atoms with Gasteiger partial charge in [-0.25, -0.2) is 18.9 Å². The average Bonchev–Trinajstić information content (AvgIpc) is 3.04. The molecule has 25 heavy (non-hydrogen) atoms. The van der Waals surface area contributed by atoms with E-state index in [-0.39, 0.29) is 6.54 Å². The highest BCUT2D eigenvalue weighted by molar-refractivity contribution is 5.83. The van der Waals surface area contributed by atoms with Gasteiger partial charge in [-0.15, -0.1) is 0 Å². The summed E-state index contributed by atoms with van der Waals surface area (Å²) < 4.78 is 20.6. The van der Waals surface area contributed by atoms with Crippen LogP contribution < -0.4 is 15.4 Å². The molecule has 0 fully saturated rings. The van der Waals surface area contributed by atoms with E-state index in [1.54, 1.807) is 12.3 Å². The Hall–Kier alpha value is -3.07. The maximum atomic E-state index is 13.5. The minimum absolute atomic E-state index is 0.271.